The number of aromatic carboxylic acids is 1. The lowest BCUT2D eigenvalue weighted by atomic mass is 10.1. The molecular weight excluding hydrogens is 288 g/mol. The second-order valence-electron chi connectivity index (χ2n) is 4.26. The highest BCUT2D eigenvalue weighted by molar-refractivity contribution is 5.96. The highest BCUT2D eigenvalue weighted by Gasteiger charge is 2.16. The largest absolute Gasteiger partial charge is 0.478 e. The molecule has 1 N–H and O–H groups in total. The number of carboxylic acids is 1. The molecule has 6 nitrogen and oxygen atoms in total. The minimum Gasteiger partial charge on any atom is -0.478 e. The van der Waals surface area contributed by atoms with E-state index in [0.717, 1.165) is 0 Å². The quantitative estimate of drug-likeness (QED) is 0.688. The molecule has 0 fully saturated rings. The molecule has 2 rings (SSSR count). The van der Waals surface area contributed by atoms with Gasteiger partial charge in [0.05, 0.1) is 18.2 Å². The molecule has 6 heteroatoms. The molecule has 0 aliphatic heterocycles. The minimum atomic E-state index is -1.09. The molecule has 0 aliphatic rings. The molecule has 22 heavy (non-hydrogen) atoms. The number of esters is 2. The second-order valence-corrected chi connectivity index (χ2v) is 4.26. The van der Waals surface area contributed by atoms with Crippen LogP contribution < -0.4 is 4.74 Å². The van der Waals surface area contributed by atoms with E-state index in [-0.39, 0.29) is 22.4 Å². The van der Waals surface area contributed by atoms with E-state index < -0.39 is 17.9 Å². The number of carboxylic acid groups (broad SMARTS) is 1. The average molecular weight is 300 g/mol. The van der Waals surface area contributed by atoms with Gasteiger partial charge in [-0.25, -0.2) is 14.4 Å². The summed E-state index contributed by atoms with van der Waals surface area (Å²) in [7, 11) is 1.23. The molecule has 0 aromatic heterocycles. The van der Waals surface area contributed by atoms with Gasteiger partial charge in [0, 0.05) is 0 Å². The molecule has 0 amide bonds. The van der Waals surface area contributed by atoms with Crippen molar-refractivity contribution >= 4 is 17.9 Å². The molecular formula is C16H12O6. The lowest BCUT2D eigenvalue weighted by molar-refractivity contribution is 0.0591. The van der Waals surface area contributed by atoms with E-state index in [4.69, 9.17) is 9.84 Å². The van der Waals surface area contributed by atoms with Crippen molar-refractivity contribution in [1.82, 2.24) is 0 Å². The van der Waals surface area contributed by atoms with Crippen molar-refractivity contribution in [2.75, 3.05) is 7.11 Å². The summed E-state index contributed by atoms with van der Waals surface area (Å²) in [6.45, 7) is 0. The average Bonchev–Trinajstić information content (AvgIpc) is 2.54. The van der Waals surface area contributed by atoms with Gasteiger partial charge in [0.25, 0.3) is 0 Å². The van der Waals surface area contributed by atoms with Gasteiger partial charge in [0.2, 0.25) is 0 Å². The SMILES string of the molecule is COC(=O)c1ccccc1OC(=O)c1ccc(C(=O)O)cc1. The monoisotopic (exact) mass is 300 g/mol. The maximum atomic E-state index is 12.0. The Morgan fingerprint density at radius 2 is 1.45 bits per heavy atom. The molecule has 0 bridgehead atoms. The number of rotatable bonds is 4. The van der Waals surface area contributed by atoms with Crippen molar-refractivity contribution in [3.05, 3.63) is 65.2 Å². The van der Waals surface area contributed by atoms with Crippen molar-refractivity contribution in [2.24, 2.45) is 0 Å². The third kappa shape index (κ3) is 3.29. The Morgan fingerprint density at radius 3 is 2.05 bits per heavy atom. The third-order valence-corrected chi connectivity index (χ3v) is 2.86. The number of carbonyl (C=O) groups excluding carboxylic acids is 2. The van der Waals surface area contributed by atoms with Gasteiger partial charge in [-0.2, -0.15) is 0 Å². The summed E-state index contributed by atoms with van der Waals surface area (Å²) in [5.74, 6) is -2.34. The van der Waals surface area contributed by atoms with Gasteiger partial charge < -0.3 is 14.6 Å². The predicted molar refractivity (Wildman–Crippen MR) is 76.1 cm³/mol. The van der Waals surface area contributed by atoms with Crippen molar-refractivity contribution in [1.29, 1.82) is 0 Å². The number of hydrogen-bond acceptors (Lipinski definition) is 5. The Morgan fingerprint density at radius 1 is 0.864 bits per heavy atom. The summed E-state index contributed by atoms with van der Waals surface area (Å²) in [5, 5.41) is 8.81. The lowest BCUT2D eigenvalue weighted by Gasteiger charge is -2.08. The highest BCUT2D eigenvalue weighted by Crippen LogP contribution is 2.20. The zero-order valence-electron chi connectivity index (χ0n) is 11.6. The number of carbonyl (C=O) groups is 3. The van der Waals surface area contributed by atoms with Crippen LogP contribution in [0.15, 0.2) is 48.5 Å². The summed E-state index contributed by atoms with van der Waals surface area (Å²) in [6.07, 6.45) is 0. The van der Waals surface area contributed by atoms with E-state index in [1.165, 1.54) is 43.5 Å². The number of methoxy groups -OCH3 is 1. The Bertz CT molecular complexity index is 718. The standard InChI is InChI=1S/C16H12O6/c1-21-16(20)12-4-2-3-5-13(12)22-15(19)11-8-6-10(7-9-11)14(17)18/h2-9H,1H3,(H,17,18). The fourth-order valence-electron chi connectivity index (χ4n) is 1.74. The van der Waals surface area contributed by atoms with E-state index in [1.807, 2.05) is 0 Å². The van der Waals surface area contributed by atoms with Crippen LogP contribution >= 0.6 is 0 Å². The van der Waals surface area contributed by atoms with E-state index in [1.54, 1.807) is 12.1 Å². The predicted octanol–water partition coefficient (Wildman–Crippen LogP) is 2.39. The number of para-hydroxylation sites is 1. The molecule has 0 aliphatic carbocycles. The molecule has 0 spiro atoms. The third-order valence-electron chi connectivity index (χ3n) is 2.86. The summed E-state index contributed by atoms with van der Waals surface area (Å²) >= 11 is 0. The van der Waals surface area contributed by atoms with Crippen LogP contribution in [0.25, 0.3) is 0 Å². The Hall–Kier alpha value is -3.15. The van der Waals surface area contributed by atoms with Gasteiger partial charge in [-0.1, -0.05) is 12.1 Å². The summed E-state index contributed by atoms with van der Waals surface area (Å²) in [4.78, 5) is 34.4. The molecule has 0 unspecified atom stereocenters. The first-order chi connectivity index (χ1) is 10.5. The fourth-order valence-corrected chi connectivity index (χ4v) is 1.74. The van der Waals surface area contributed by atoms with Crippen molar-refractivity contribution in [3.8, 4) is 5.75 Å². The van der Waals surface area contributed by atoms with Gasteiger partial charge in [-0.15, -0.1) is 0 Å². The van der Waals surface area contributed by atoms with Gasteiger partial charge in [0.15, 0.2) is 0 Å². The maximum Gasteiger partial charge on any atom is 0.343 e. The van der Waals surface area contributed by atoms with E-state index in [2.05, 4.69) is 4.74 Å². The van der Waals surface area contributed by atoms with Crippen LogP contribution in [-0.4, -0.2) is 30.1 Å². The molecule has 0 radical (unpaired) electrons. The lowest BCUT2D eigenvalue weighted by Crippen LogP contribution is -2.12. The van der Waals surface area contributed by atoms with Crippen LogP contribution in [-0.2, 0) is 4.74 Å². The molecule has 0 atom stereocenters. The first kappa shape index (κ1) is 15.2. The molecule has 0 saturated heterocycles. The van der Waals surface area contributed by atoms with E-state index in [0.29, 0.717) is 0 Å². The van der Waals surface area contributed by atoms with E-state index >= 15 is 0 Å². The zero-order chi connectivity index (χ0) is 16.1. The fraction of sp³-hybridized carbons (Fsp3) is 0.0625. The van der Waals surface area contributed by atoms with Crippen LogP contribution in [0.2, 0.25) is 0 Å². The molecule has 2 aromatic rings. The van der Waals surface area contributed by atoms with Gasteiger partial charge >= 0.3 is 17.9 Å². The van der Waals surface area contributed by atoms with Gasteiger partial charge in [-0.3, -0.25) is 0 Å². The zero-order valence-corrected chi connectivity index (χ0v) is 11.6. The van der Waals surface area contributed by atoms with Crippen LogP contribution in [0, 0.1) is 0 Å². The van der Waals surface area contributed by atoms with E-state index in [9.17, 15) is 14.4 Å². The van der Waals surface area contributed by atoms with Crippen molar-refractivity contribution in [3.63, 3.8) is 0 Å². The highest BCUT2D eigenvalue weighted by atomic mass is 16.5. The van der Waals surface area contributed by atoms with Gasteiger partial charge in [-0.05, 0) is 36.4 Å². The van der Waals surface area contributed by atoms with Gasteiger partial charge in [0.1, 0.15) is 11.3 Å². The summed E-state index contributed by atoms with van der Waals surface area (Å²) < 4.78 is 9.78. The maximum absolute atomic E-state index is 12.0. The van der Waals surface area contributed by atoms with Crippen LogP contribution in [0.1, 0.15) is 31.1 Å². The smallest absolute Gasteiger partial charge is 0.343 e. The Balaban J connectivity index is 2.22. The molecule has 0 heterocycles. The summed E-state index contributed by atoms with van der Waals surface area (Å²) in [5.41, 5.74) is 0.358. The first-order valence-electron chi connectivity index (χ1n) is 6.26. The van der Waals surface area contributed by atoms with Crippen LogP contribution in [0.3, 0.4) is 0 Å². The first-order valence-corrected chi connectivity index (χ1v) is 6.26. The Labute approximate surface area is 125 Å². The minimum absolute atomic E-state index is 0.0616. The second kappa shape index (κ2) is 6.53. The number of hydrogen-bond donors (Lipinski definition) is 1. The molecule has 0 saturated carbocycles. The number of benzene rings is 2. The molecule has 112 valence electrons. The van der Waals surface area contributed by atoms with Crippen molar-refractivity contribution in [2.45, 2.75) is 0 Å². The topological polar surface area (TPSA) is 89.9 Å². The summed E-state index contributed by atoms with van der Waals surface area (Å²) in [6, 6.07) is 11.4. The van der Waals surface area contributed by atoms with Crippen LogP contribution in [0.4, 0.5) is 0 Å². The number of ether oxygens (including phenoxy) is 2. The molecule has 2 aromatic carbocycles. The van der Waals surface area contributed by atoms with Crippen molar-refractivity contribution < 1.29 is 29.0 Å². The normalized spacial score (nSPS) is 9.86. The van der Waals surface area contributed by atoms with Crippen LogP contribution in [0.5, 0.6) is 5.75 Å². The Kier molecular flexibility index (Phi) is 4.53.